The Kier molecular flexibility index (Phi) is 10.7. The van der Waals surface area contributed by atoms with Crippen molar-refractivity contribution in [2.24, 2.45) is 28.6 Å². The number of ketones is 1. The van der Waals surface area contributed by atoms with Crippen LogP contribution in [-0.2, 0) is 4.79 Å². The van der Waals surface area contributed by atoms with Crippen molar-refractivity contribution in [1.82, 2.24) is 0 Å². The predicted molar refractivity (Wildman–Crippen MR) is 164 cm³/mol. The average Bonchev–Trinajstić information content (AvgIpc) is 3.66. The van der Waals surface area contributed by atoms with Crippen LogP contribution in [0.3, 0.4) is 0 Å². The standard InChI is InChI=1S/C36H56O4/c1-5-6-7-8-9-10-13-33(39)36(21-22-36)34(40)19-14-25(2)30-17-18-31-27(12-11-20-35(30,31)4)15-16-28-23-29(37)24-32(38)26(28)3/h14-16,19,25,29-32,34,37-38,40H,3,5-13,17-18,20-24H2,1-2,4H3/t25-,29-,30-,31+,32+,34-,35-/m1/s1. The molecule has 0 heterocycles. The fraction of sp³-hybridized carbons (Fsp3) is 0.750. The number of carbonyl (C=O) groups excluding carboxylic acids is 1. The van der Waals surface area contributed by atoms with Gasteiger partial charge in [-0.15, -0.1) is 0 Å². The molecule has 0 saturated heterocycles. The average molecular weight is 553 g/mol. The van der Waals surface area contributed by atoms with Crippen LogP contribution >= 0.6 is 0 Å². The molecule has 4 rings (SSSR count). The first-order valence-electron chi connectivity index (χ1n) is 16.5. The Morgan fingerprint density at radius 1 is 1.05 bits per heavy atom. The maximum atomic E-state index is 13.0. The van der Waals surface area contributed by atoms with Crippen molar-refractivity contribution in [1.29, 1.82) is 0 Å². The summed E-state index contributed by atoms with van der Waals surface area (Å²) in [5.41, 5.74) is 2.94. The number of carbonyl (C=O) groups is 1. The van der Waals surface area contributed by atoms with E-state index in [1.165, 1.54) is 56.9 Å². The Bertz CT molecular complexity index is 985. The summed E-state index contributed by atoms with van der Waals surface area (Å²) in [6.45, 7) is 11.1. The third-order valence-electron chi connectivity index (χ3n) is 11.2. The van der Waals surface area contributed by atoms with E-state index in [1.807, 2.05) is 6.08 Å². The number of fused-ring (bicyclic) bond motifs is 1. The van der Waals surface area contributed by atoms with Crippen molar-refractivity contribution >= 4 is 5.78 Å². The summed E-state index contributed by atoms with van der Waals surface area (Å²) < 4.78 is 0. The monoisotopic (exact) mass is 552 g/mol. The molecule has 0 radical (unpaired) electrons. The summed E-state index contributed by atoms with van der Waals surface area (Å²) in [4.78, 5) is 13.0. The fourth-order valence-corrected chi connectivity index (χ4v) is 8.40. The molecule has 0 aliphatic heterocycles. The Morgan fingerprint density at radius 2 is 1.77 bits per heavy atom. The molecule has 4 aliphatic rings. The zero-order valence-corrected chi connectivity index (χ0v) is 25.5. The summed E-state index contributed by atoms with van der Waals surface area (Å²) >= 11 is 0. The lowest BCUT2D eigenvalue weighted by molar-refractivity contribution is -0.127. The number of unbranched alkanes of at least 4 members (excludes halogenated alkanes) is 5. The van der Waals surface area contributed by atoms with Crippen molar-refractivity contribution in [2.45, 2.75) is 142 Å². The van der Waals surface area contributed by atoms with Crippen LogP contribution in [-0.4, -0.2) is 39.4 Å². The van der Waals surface area contributed by atoms with Crippen LogP contribution in [0.4, 0.5) is 0 Å². The van der Waals surface area contributed by atoms with Crippen LogP contribution < -0.4 is 0 Å². The van der Waals surface area contributed by atoms with Gasteiger partial charge in [0.1, 0.15) is 5.78 Å². The van der Waals surface area contributed by atoms with Crippen molar-refractivity contribution in [3.63, 3.8) is 0 Å². The molecule has 4 aliphatic carbocycles. The molecule has 4 heteroatoms. The molecular formula is C36H56O4. The fourth-order valence-electron chi connectivity index (χ4n) is 8.40. The Morgan fingerprint density at radius 3 is 2.50 bits per heavy atom. The lowest BCUT2D eigenvalue weighted by Crippen LogP contribution is -2.35. The SMILES string of the molecule is C=C1C(=CC=C2CCC[C@]3(C)[C@@H]([C@H](C)C=C[C@@H](O)C4(C(=O)CCCCCCCC)CC4)CC[C@@H]23)C[C@@H](O)C[C@@H]1O. The molecule has 0 amide bonds. The molecule has 3 N–H and O–H groups in total. The molecule has 0 unspecified atom stereocenters. The van der Waals surface area contributed by atoms with Crippen LogP contribution in [0.1, 0.15) is 124 Å². The normalized spacial score (nSPS) is 35.3. The van der Waals surface area contributed by atoms with E-state index in [9.17, 15) is 20.1 Å². The third kappa shape index (κ3) is 6.93. The van der Waals surface area contributed by atoms with Gasteiger partial charge in [0.25, 0.3) is 0 Å². The molecule has 4 fully saturated rings. The van der Waals surface area contributed by atoms with E-state index in [2.05, 4.69) is 45.6 Å². The molecule has 0 spiro atoms. The maximum absolute atomic E-state index is 13.0. The maximum Gasteiger partial charge on any atom is 0.141 e. The Labute approximate surface area is 243 Å². The molecule has 0 aromatic rings. The van der Waals surface area contributed by atoms with Crippen molar-refractivity contribution < 1.29 is 20.1 Å². The number of hydrogen-bond donors (Lipinski definition) is 3. The van der Waals surface area contributed by atoms with E-state index in [0.717, 1.165) is 43.3 Å². The van der Waals surface area contributed by atoms with Crippen LogP contribution in [0.5, 0.6) is 0 Å². The smallest absolute Gasteiger partial charge is 0.141 e. The minimum Gasteiger partial charge on any atom is -0.393 e. The second kappa shape index (κ2) is 13.7. The zero-order chi connectivity index (χ0) is 28.9. The molecule has 4 saturated carbocycles. The summed E-state index contributed by atoms with van der Waals surface area (Å²) in [7, 11) is 0. The van der Waals surface area contributed by atoms with E-state index < -0.39 is 23.7 Å². The quantitative estimate of drug-likeness (QED) is 0.161. The van der Waals surface area contributed by atoms with Crippen LogP contribution in [0.2, 0.25) is 0 Å². The van der Waals surface area contributed by atoms with Gasteiger partial charge in [-0.2, -0.15) is 0 Å². The number of Topliss-reactive ketones (excluding diaryl/α,β-unsaturated/α-hetero) is 1. The highest BCUT2D eigenvalue weighted by Gasteiger charge is 2.54. The Balaban J connectivity index is 1.35. The van der Waals surface area contributed by atoms with Crippen molar-refractivity contribution in [3.05, 3.63) is 47.6 Å². The third-order valence-corrected chi connectivity index (χ3v) is 11.2. The van der Waals surface area contributed by atoms with E-state index in [1.54, 1.807) is 0 Å². The highest BCUT2D eigenvalue weighted by atomic mass is 16.3. The minimum atomic E-state index is -0.657. The highest BCUT2D eigenvalue weighted by molar-refractivity contribution is 5.88. The molecule has 4 nitrogen and oxygen atoms in total. The molecule has 224 valence electrons. The molecule has 7 atom stereocenters. The predicted octanol–water partition coefficient (Wildman–Crippen LogP) is 7.78. The van der Waals surface area contributed by atoms with Gasteiger partial charge in [0.05, 0.1) is 23.7 Å². The lowest BCUT2D eigenvalue weighted by Gasteiger charge is -2.44. The summed E-state index contributed by atoms with van der Waals surface area (Å²) in [5, 5.41) is 31.5. The lowest BCUT2D eigenvalue weighted by atomic mass is 9.61. The highest BCUT2D eigenvalue weighted by Crippen LogP contribution is 2.60. The molecule has 0 aromatic carbocycles. The van der Waals surface area contributed by atoms with Crippen molar-refractivity contribution in [3.8, 4) is 0 Å². The van der Waals surface area contributed by atoms with E-state index in [0.29, 0.717) is 37.0 Å². The van der Waals surface area contributed by atoms with E-state index in [4.69, 9.17) is 0 Å². The number of allylic oxidation sites excluding steroid dienone is 4. The largest absolute Gasteiger partial charge is 0.393 e. The van der Waals surface area contributed by atoms with Crippen LogP contribution in [0.25, 0.3) is 0 Å². The Hall–Kier alpha value is -1.49. The zero-order valence-electron chi connectivity index (χ0n) is 25.5. The van der Waals surface area contributed by atoms with Gasteiger partial charge in [-0.3, -0.25) is 4.79 Å². The van der Waals surface area contributed by atoms with Crippen LogP contribution in [0, 0.1) is 28.6 Å². The molecule has 0 bridgehead atoms. The van der Waals surface area contributed by atoms with Gasteiger partial charge in [-0.25, -0.2) is 0 Å². The second-order valence-corrected chi connectivity index (χ2v) is 13.9. The number of aliphatic hydroxyl groups is 3. The first-order chi connectivity index (χ1) is 19.1. The topological polar surface area (TPSA) is 77.8 Å². The first kappa shape index (κ1) is 31.4. The van der Waals surface area contributed by atoms with Crippen molar-refractivity contribution in [2.75, 3.05) is 0 Å². The minimum absolute atomic E-state index is 0.227. The summed E-state index contributed by atoms with van der Waals surface area (Å²) in [5.74, 6) is 1.73. The first-order valence-corrected chi connectivity index (χ1v) is 16.5. The number of hydrogen-bond acceptors (Lipinski definition) is 4. The van der Waals surface area contributed by atoms with Gasteiger partial charge in [-0.05, 0) is 92.1 Å². The molecule has 0 aromatic heterocycles. The van der Waals surface area contributed by atoms with E-state index in [-0.39, 0.29) is 11.2 Å². The number of rotatable bonds is 13. The van der Waals surface area contributed by atoms with Gasteiger partial charge in [-0.1, -0.05) is 89.3 Å². The second-order valence-electron chi connectivity index (χ2n) is 13.9. The van der Waals surface area contributed by atoms with Gasteiger partial charge in [0.15, 0.2) is 0 Å². The van der Waals surface area contributed by atoms with Gasteiger partial charge < -0.3 is 15.3 Å². The van der Waals surface area contributed by atoms with Gasteiger partial charge >= 0.3 is 0 Å². The van der Waals surface area contributed by atoms with Gasteiger partial charge in [0, 0.05) is 12.8 Å². The molecule has 40 heavy (non-hydrogen) atoms. The summed E-state index contributed by atoms with van der Waals surface area (Å²) in [6, 6.07) is 0. The van der Waals surface area contributed by atoms with Crippen LogP contribution in [0.15, 0.2) is 47.6 Å². The van der Waals surface area contributed by atoms with Gasteiger partial charge in [0.2, 0.25) is 0 Å². The van der Waals surface area contributed by atoms with E-state index >= 15 is 0 Å². The molecular weight excluding hydrogens is 496 g/mol. The summed E-state index contributed by atoms with van der Waals surface area (Å²) in [6.07, 6.45) is 22.9. The number of aliphatic hydroxyl groups excluding tert-OH is 3.